The number of para-hydroxylation sites is 1. The Kier molecular flexibility index (Phi) is 2.16. The molecule has 0 N–H and O–H groups in total. The summed E-state index contributed by atoms with van der Waals surface area (Å²) in [7, 11) is 0. The van der Waals surface area contributed by atoms with Crippen molar-refractivity contribution in [2.45, 2.75) is 32.0 Å². The van der Waals surface area contributed by atoms with Gasteiger partial charge in [0.2, 0.25) is 11.8 Å². The van der Waals surface area contributed by atoms with E-state index >= 15 is 0 Å². The molecule has 2 amide bonds. The van der Waals surface area contributed by atoms with Crippen LogP contribution in [0, 0.1) is 18.8 Å². The molecule has 0 saturated carbocycles. The first-order valence-electron chi connectivity index (χ1n) is 6.77. The number of hydrogen-bond donors (Lipinski definition) is 0. The highest BCUT2D eigenvalue weighted by Crippen LogP contribution is 2.49. The quantitative estimate of drug-likeness (QED) is 0.719. The zero-order chi connectivity index (χ0) is 13.1. The minimum atomic E-state index is -0.245. The molecule has 1 aromatic carbocycles. The van der Waals surface area contributed by atoms with Crippen molar-refractivity contribution in [3.8, 4) is 0 Å². The zero-order valence-electron chi connectivity index (χ0n) is 10.7. The van der Waals surface area contributed by atoms with Gasteiger partial charge in [0.15, 0.2) is 0 Å². The molecule has 1 aromatic rings. The Hall–Kier alpha value is -1.68. The van der Waals surface area contributed by atoms with E-state index in [1.54, 1.807) is 0 Å². The zero-order valence-corrected chi connectivity index (χ0v) is 10.7. The number of aryl methyl sites for hydroxylation is 1. The summed E-state index contributed by atoms with van der Waals surface area (Å²) in [6.07, 6.45) is 1.74. The molecular formula is C15H15NO3. The summed E-state index contributed by atoms with van der Waals surface area (Å²) in [5.41, 5.74) is 1.68. The molecule has 2 bridgehead atoms. The van der Waals surface area contributed by atoms with E-state index in [-0.39, 0.29) is 35.9 Å². The van der Waals surface area contributed by atoms with Crippen LogP contribution in [0.5, 0.6) is 0 Å². The molecule has 3 aliphatic rings. The van der Waals surface area contributed by atoms with Gasteiger partial charge < -0.3 is 4.74 Å². The summed E-state index contributed by atoms with van der Waals surface area (Å²) in [5.74, 6) is -0.635. The Morgan fingerprint density at radius 2 is 1.63 bits per heavy atom. The standard InChI is InChI=1S/C15H15NO3/c1-8-4-2-3-5-9(8)16-14(17)12-10-6-7-11(19-10)13(12)15(16)18/h2-5,10-13H,6-7H2,1H3/t10-,11-,12-,13-/m1/s1. The highest BCUT2D eigenvalue weighted by atomic mass is 16.5. The van der Waals surface area contributed by atoms with E-state index in [0.29, 0.717) is 0 Å². The topological polar surface area (TPSA) is 46.6 Å². The maximum atomic E-state index is 12.6. The minimum Gasteiger partial charge on any atom is -0.373 e. The molecule has 0 aromatic heterocycles. The fourth-order valence-electron chi connectivity index (χ4n) is 3.76. The number of anilines is 1. The monoisotopic (exact) mass is 257 g/mol. The van der Waals surface area contributed by atoms with Gasteiger partial charge in [-0.3, -0.25) is 9.59 Å². The van der Waals surface area contributed by atoms with Gasteiger partial charge in [0.05, 0.1) is 29.7 Å². The van der Waals surface area contributed by atoms with Crippen molar-refractivity contribution in [3.63, 3.8) is 0 Å². The molecular weight excluding hydrogens is 242 g/mol. The summed E-state index contributed by atoms with van der Waals surface area (Å²) in [6, 6.07) is 7.55. The molecule has 3 aliphatic heterocycles. The van der Waals surface area contributed by atoms with Crippen LogP contribution in [0.1, 0.15) is 18.4 Å². The normalized spacial score (nSPS) is 36.2. The predicted molar refractivity (Wildman–Crippen MR) is 68.5 cm³/mol. The average molecular weight is 257 g/mol. The van der Waals surface area contributed by atoms with Crippen molar-refractivity contribution >= 4 is 17.5 Å². The molecule has 3 heterocycles. The number of imide groups is 1. The van der Waals surface area contributed by atoms with Crippen molar-refractivity contribution in [2.24, 2.45) is 11.8 Å². The second-order valence-electron chi connectivity index (χ2n) is 5.64. The Bertz CT molecular complexity index is 555. The lowest BCUT2D eigenvalue weighted by atomic mass is 9.81. The molecule has 4 heteroatoms. The van der Waals surface area contributed by atoms with Gasteiger partial charge in [-0.2, -0.15) is 0 Å². The number of fused-ring (bicyclic) bond motifs is 5. The first-order valence-corrected chi connectivity index (χ1v) is 6.77. The van der Waals surface area contributed by atoms with Crippen LogP contribution in [0.25, 0.3) is 0 Å². The van der Waals surface area contributed by atoms with Gasteiger partial charge in [-0.25, -0.2) is 4.90 Å². The third kappa shape index (κ3) is 1.32. The molecule has 0 spiro atoms. The molecule has 4 atom stereocenters. The lowest BCUT2D eigenvalue weighted by molar-refractivity contribution is -0.124. The number of benzene rings is 1. The van der Waals surface area contributed by atoms with Gasteiger partial charge >= 0.3 is 0 Å². The second kappa shape index (κ2) is 3.67. The van der Waals surface area contributed by atoms with Gasteiger partial charge in [0.1, 0.15) is 0 Å². The number of nitrogens with zero attached hydrogens (tertiary/aromatic N) is 1. The smallest absolute Gasteiger partial charge is 0.240 e. The van der Waals surface area contributed by atoms with Crippen molar-refractivity contribution in [3.05, 3.63) is 29.8 Å². The van der Waals surface area contributed by atoms with Crippen molar-refractivity contribution < 1.29 is 14.3 Å². The Morgan fingerprint density at radius 3 is 2.21 bits per heavy atom. The summed E-state index contributed by atoms with van der Waals surface area (Å²) in [6.45, 7) is 1.93. The average Bonchev–Trinajstić information content (AvgIpc) is 3.06. The lowest BCUT2D eigenvalue weighted by Crippen LogP contribution is -2.34. The van der Waals surface area contributed by atoms with Crippen LogP contribution in [0.2, 0.25) is 0 Å². The van der Waals surface area contributed by atoms with Gasteiger partial charge in [-0.15, -0.1) is 0 Å². The van der Waals surface area contributed by atoms with Gasteiger partial charge in [-0.05, 0) is 31.4 Å². The highest BCUT2D eigenvalue weighted by molar-refractivity contribution is 6.23. The van der Waals surface area contributed by atoms with E-state index in [4.69, 9.17) is 4.74 Å². The number of hydrogen-bond acceptors (Lipinski definition) is 3. The van der Waals surface area contributed by atoms with Gasteiger partial charge in [0.25, 0.3) is 0 Å². The largest absolute Gasteiger partial charge is 0.373 e. The summed E-state index contributed by atoms with van der Waals surface area (Å²) >= 11 is 0. The van der Waals surface area contributed by atoms with Gasteiger partial charge in [-0.1, -0.05) is 18.2 Å². The van der Waals surface area contributed by atoms with Crippen molar-refractivity contribution in [1.29, 1.82) is 0 Å². The van der Waals surface area contributed by atoms with E-state index in [1.165, 1.54) is 4.90 Å². The second-order valence-corrected chi connectivity index (χ2v) is 5.64. The predicted octanol–water partition coefficient (Wildman–Crippen LogP) is 1.66. The van der Waals surface area contributed by atoms with Crippen LogP contribution >= 0.6 is 0 Å². The molecule has 3 saturated heterocycles. The van der Waals surface area contributed by atoms with Crippen LogP contribution in [0.15, 0.2) is 24.3 Å². The van der Waals surface area contributed by atoms with E-state index in [2.05, 4.69) is 0 Å². The molecule has 4 rings (SSSR count). The van der Waals surface area contributed by atoms with Crippen molar-refractivity contribution in [1.82, 2.24) is 0 Å². The first kappa shape index (κ1) is 11.2. The molecule has 0 radical (unpaired) electrons. The van der Waals surface area contributed by atoms with E-state index in [9.17, 15) is 9.59 Å². The maximum Gasteiger partial charge on any atom is 0.240 e. The third-order valence-electron chi connectivity index (χ3n) is 4.64. The molecule has 0 aliphatic carbocycles. The first-order chi connectivity index (χ1) is 9.18. The Morgan fingerprint density at radius 1 is 1.05 bits per heavy atom. The fourth-order valence-corrected chi connectivity index (χ4v) is 3.76. The van der Waals surface area contributed by atoms with Gasteiger partial charge in [0, 0.05) is 0 Å². The van der Waals surface area contributed by atoms with Crippen LogP contribution in [0.4, 0.5) is 5.69 Å². The molecule has 0 unspecified atom stereocenters. The van der Waals surface area contributed by atoms with Crippen LogP contribution in [-0.4, -0.2) is 24.0 Å². The Labute approximate surface area is 111 Å². The van der Waals surface area contributed by atoms with E-state index in [1.807, 2.05) is 31.2 Å². The van der Waals surface area contributed by atoms with E-state index < -0.39 is 0 Å². The number of ether oxygens (including phenoxy) is 1. The Balaban J connectivity index is 1.78. The summed E-state index contributed by atoms with van der Waals surface area (Å²) in [5, 5.41) is 0. The number of carbonyl (C=O) groups is 2. The number of amides is 2. The molecule has 3 fully saturated rings. The molecule has 19 heavy (non-hydrogen) atoms. The van der Waals surface area contributed by atoms with Crippen LogP contribution in [0.3, 0.4) is 0 Å². The molecule has 4 nitrogen and oxygen atoms in total. The van der Waals surface area contributed by atoms with Crippen molar-refractivity contribution in [2.75, 3.05) is 4.90 Å². The van der Waals surface area contributed by atoms with E-state index in [0.717, 1.165) is 24.1 Å². The number of carbonyl (C=O) groups excluding carboxylic acids is 2. The summed E-state index contributed by atoms with van der Waals surface area (Å²) in [4.78, 5) is 26.5. The number of rotatable bonds is 1. The summed E-state index contributed by atoms with van der Waals surface area (Å²) < 4.78 is 5.73. The minimum absolute atomic E-state index is 0.0412. The highest BCUT2D eigenvalue weighted by Gasteiger charge is 2.62. The lowest BCUT2D eigenvalue weighted by Gasteiger charge is -2.19. The van der Waals surface area contributed by atoms with Crippen LogP contribution in [-0.2, 0) is 14.3 Å². The third-order valence-corrected chi connectivity index (χ3v) is 4.64. The molecule has 98 valence electrons. The SMILES string of the molecule is Cc1ccccc1N1C(=O)[C@H]2[C@H](C1=O)[C@H]1CC[C@H]2O1. The maximum absolute atomic E-state index is 12.6. The van der Waals surface area contributed by atoms with Crippen LogP contribution < -0.4 is 4.90 Å². The fraction of sp³-hybridized carbons (Fsp3) is 0.467.